The summed E-state index contributed by atoms with van der Waals surface area (Å²) in [5.41, 5.74) is -0.550. The molecule has 0 aliphatic carbocycles. The molecule has 25 heavy (non-hydrogen) atoms. The van der Waals surface area contributed by atoms with Gasteiger partial charge in [0.1, 0.15) is 5.60 Å². The molecular weight excluding hydrogens is 328 g/mol. The van der Waals surface area contributed by atoms with Crippen LogP contribution in [0.4, 0.5) is 10.5 Å². The smallest absolute Gasteiger partial charge is 0.413 e. The molecule has 0 bridgehead atoms. The highest BCUT2D eigenvalue weighted by Gasteiger charge is 2.33. The zero-order valence-corrected chi connectivity index (χ0v) is 14.6. The third-order valence-corrected chi connectivity index (χ3v) is 3.63. The van der Waals surface area contributed by atoms with E-state index in [2.05, 4.69) is 0 Å². The highest BCUT2D eigenvalue weighted by atomic mass is 16.6. The number of rotatable bonds is 3. The second-order valence-electron chi connectivity index (χ2n) is 6.83. The van der Waals surface area contributed by atoms with Gasteiger partial charge in [0.15, 0.2) is 6.23 Å². The molecule has 1 aromatic rings. The summed E-state index contributed by atoms with van der Waals surface area (Å²) in [4.78, 5) is 36.1. The fourth-order valence-electron chi connectivity index (χ4n) is 2.46. The monoisotopic (exact) mass is 350 g/mol. The van der Waals surface area contributed by atoms with E-state index in [-0.39, 0.29) is 11.3 Å². The Hall–Kier alpha value is -2.64. The van der Waals surface area contributed by atoms with Gasteiger partial charge < -0.3 is 9.47 Å². The van der Waals surface area contributed by atoms with Crippen LogP contribution in [0.2, 0.25) is 0 Å². The lowest BCUT2D eigenvalue weighted by Gasteiger charge is -2.35. The number of ether oxygens (including phenoxy) is 2. The van der Waals surface area contributed by atoms with E-state index in [0.29, 0.717) is 13.0 Å². The molecule has 0 aromatic heterocycles. The van der Waals surface area contributed by atoms with E-state index < -0.39 is 28.8 Å². The van der Waals surface area contributed by atoms with Gasteiger partial charge in [-0.25, -0.2) is 9.59 Å². The Morgan fingerprint density at radius 2 is 1.84 bits per heavy atom. The minimum Gasteiger partial charge on any atom is -0.444 e. The number of nitro benzene ring substituents is 1. The van der Waals surface area contributed by atoms with Crippen molar-refractivity contribution >= 4 is 17.7 Å². The van der Waals surface area contributed by atoms with Crippen LogP contribution in [0.1, 0.15) is 50.4 Å². The first-order chi connectivity index (χ1) is 11.7. The number of benzene rings is 1. The summed E-state index contributed by atoms with van der Waals surface area (Å²) < 4.78 is 10.8. The standard InChI is InChI=1S/C17H22N2O6/c1-17(2,3)25-16(21)18-11-5-4-6-14(18)24-15(20)12-7-9-13(10-8-12)19(22)23/h7-10,14H,4-6,11H2,1-3H3/t14-/m1/s1. The van der Waals surface area contributed by atoms with Gasteiger partial charge in [-0.05, 0) is 45.7 Å². The Morgan fingerprint density at radius 3 is 2.40 bits per heavy atom. The van der Waals surface area contributed by atoms with Crippen LogP contribution in [-0.4, -0.2) is 40.3 Å². The summed E-state index contributed by atoms with van der Waals surface area (Å²) >= 11 is 0. The van der Waals surface area contributed by atoms with Crippen molar-refractivity contribution in [1.29, 1.82) is 0 Å². The van der Waals surface area contributed by atoms with Crippen LogP contribution >= 0.6 is 0 Å². The van der Waals surface area contributed by atoms with Crippen LogP contribution in [0.3, 0.4) is 0 Å². The molecule has 8 heteroatoms. The van der Waals surface area contributed by atoms with Crippen molar-refractivity contribution in [1.82, 2.24) is 4.90 Å². The number of amides is 1. The van der Waals surface area contributed by atoms with Crippen molar-refractivity contribution in [2.45, 2.75) is 51.9 Å². The van der Waals surface area contributed by atoms with Gasteiger partial charge in [0.05, 0.1) is 10.5 Å². The van der Waals surface area contributed by atoms with E-state index in [4.69, 9.17) is 9.47 Å². The summed E-state index contributed by atoms with van der Waals surface area (Å²) in [6.07, 6.45) is 0.945. The van der Waals surface area contributed by atoms with Crippen LogP contribution in [-0.2, 0) is 9.47 Å². The van der Waals surface area contributed by atoms with E-state index in [1.807, 2.05) is 0 Å². The maximum Gasteiger partial charge on any atom is 0.413 e. The van der Waals surface area contributed by atoms with Crippen LogP contribution < -0.4 is 0 Å². The number of hydrogen-bond donors (Lipinski definition) is 0. The maximum atomic E-state index is 12.3. The molecule has 0 unspecified atom stereocenters. The van der Waals surface area contributed by atoms with Gasteiger partial charge in [0.25, 0.3) is 5.69 Å². The van der Waals surface area contributed by atoms with Crippen molar-refractivity contribution in [2.24, 2.45) is 0 Å². The largest absolute Gasteiger partial charge is 0.444 e. The summed E-state index contributed by atoms with van der Waals surface area (Å²) in [7, 11) is 0. The van der Waals surface area contributed by atoms with Crippen molar-refractivity contribution in [2.75, 3.05) is 6.54 Å². The molecule has 1 saturated heterocycles. The van der Waals surface area contributed by atoms with E-state index in [1.54, 1.807) is 20.8 Å². The van der Waals surface area contributed by atoms with Crippen molar-refractivity contribution in [3.8, 4) is 0 Å². The van der Waals surface area contributed by atoms with Gasteiger partial charge in [-0.15, -0.1) is 0 Å². The first kappa shape index (κ1) is 18.7. The van der Waals surface area contributed by atoms with Crippen LogP contribution in [0.5, 0.6) is 0 Å². The van der Waals surface area contributed by atoms with Gasteiger partial charge in [-0.3, -0.25) is 15.0 Å². The van der Waals surface area contributed by atoms with Crippen molar-refractivity contribution < 1.29 is 24.0 Å². The van der Waals surface area contributed by atoms with Gasteiger partial charge in [-0.1, -0.05) is 0 Å². The lowest BCUT2D eigenvalue weighted by molar-refractivity contribution is -0.384. The molecule has 2 rings (SSSR count). The molecule has 0 N–H and O–H groups in total. The van der Waals surface area contributed by atoms with Gasteiger partial charge in [-0.2, -0.15) is 0 Å². The first-order valence-corrected chi connectivity index (χ1v) is 8.12. The molecule has 1 heterocycles. The lowest BCUT2D eigenvalue weighted by atomic mass is 10.1. The Kier molecular flexibility index (Phi) is 5.61. The van der Waals surface area contributed by atoms with Gasteiger partial charge in [0, 0.05) is 25.1 Å². The Balaban J connectivity index is 2.06. The van der Waals surface area contributed by atoms with Crippen LogP contribution in [0, 0.1) is 10.1 Å². The normalized spacial score (nSPS) is 17.7. The molecule has 1 aromatic carbocycles. The highest BCUT2D eigenvalue weighted by molar-refractivity contribution is 5.89. The number of nitro groups is 1. The molecule has 0 spiro atoms. The molecule has 8 nitrogen and oxygen atoms in total. The quantitative estimate of drug-likeness (QED) is 0.470. The molecule has 1 amide bonds. The Bertz CT molecular complexity index is 650. The average Bonchev–Trinajstić information content (AvgIpc) is 2.53. The first-order valence-electron chi connectivity index (χ1n) is 8.12. The topological polar surface area (TPSA) is 99.0 Å². The van der Waals surface area contributed by atoms with Crippen LogP contribution in [0.25, 0.3) is 0 Å². The maximum absolute atomic E-state index is 12.3. The fourth-order valence-corrected chi connectivity index (χ4v) is 2.46. The summed E-state index contributed by atoms with van der Waals surface area (Å²) in [6, 6.07) is 5.15. The minimum absolute atomic E-state index is 0.107. The second kappa shape index (κ2) is 7.50. The van der Waals surface area contributed by atoms with Gasteiger partial charge >= 0.3 is 12.1 Å². The molecule has 1 aliphatic heterocycles. The number of hydrogen-bond acceptors (Lipinski definition) is 6. The van der Waals surface area contributed by atoms with E-state index >= 15 is 0 Å². The summed E-state index contributed by atoms with van der Waals surface area (Å²) in [5.74, 6) is -0.629. The molecule has 1 aliphatic rings. The predicted octanol–water partition coefficient (Wildman–Crippen LogP) is 3.50. The number of esters is 1. The van der Waals surface area contributed by atoms with Gasteiger partial charge in [0.2, 0.25) is 0 Å². The van der Waals surface area contributed by atoms with Crippen molar-refractivity contribution in [3.05, 3.63) is 39.9 Å². The van der Waals surface area contributed by atoms with Crippen LogP contribution in [0.15, 0.2) is 24.3 Å². The molecule has 136 valence electrons. The molecular formula is C17H22N2O6. The SMILES string of the molecule is CC(C)(C)OC(=O)N1CCCC[C@H]1OC(=O)c1ccc([N+](=O)[O-])cc1. The molecule has 0 radical (unpaired) electrons. The zero-order chi connectivity index (χ0) is 18.6. The van der Waals surface area contributed by atoms with E-state index in [9.17, 15) is 19.7 Å². The molecule has 1 atom stereocenters. The Morgan fingerprint density at radius 1 is 1.20 bits per heavy atom. The summed E-state index contributed by atoms with van der Waals surface area (Å²) in [5, 5.41) is 10.7. The number of carbonyl (C=O) groups excluding carboxylic acids is 2. The van der Waals surface area contributed by atoms with E-state index in [1.165, 1.54) is 29.2 Å². The third-order valence-electron chi connectivity index (χ3n) is 3.63. The Labute approximate surface area is 145 Å². The molecule has 0 saturated carbocycles. The number of nitrogens with zero attached hydrogens (tertiary/aromatic N) is 2. The fraction of sp³-hybridized carbons (Fsp3) is 0.529. The number of carbonyl (C=O) groups is 2. The predicted molar refractivity (Wildman–Crippen MR) is 89.1 cm³/mol. The highest BCUT2D eigenvalue weighted by Crippen LogP contribution is 2.22. The summed E-state index contributed by atoms with van der Waals surface area (Å²) in [6.45, 7) is 5.76. The minimum atomic E-state index is -0.703. The second-order valence-corrected chi connectivity index (χ2v) is 6.83. The average molecular weight is 350 g/mol. The number of likely N-dealkylation sites (tertiary alicyclic amines) is 1. The number of non-ortho nitro benzene ring substituents is 1. The number of piperidine rings is 1. The molecule has 1 fully saturated rings. The van der Waals surface area contributed by atoms with E-state index in [0.717, 1.165) is 12.8 Å². The third kappa shape index (κ3) is 5.17. The lowest BCUT2D eigenvalue weighted by Crippen LogP contribution is -2.48. The zero-order valence-electron chi connectivity index (χ0n) is 14.6. The van der Waals surface area contributed by atoms with Crippen molar-refractivity contribution in [3.63, 3.8) is 0 Å².